The van der Waals surface area contributed by atoms with Crippen molar-refractivity contribution in [3.63, 3.8) is 0 Å². The van der Waals surface area contributed by atoms with Gasteiger partial charge in [-0.1, -0.05) is 37.6 Å². The van der Waals surface area contributed by atoms with Crippen molar-refractivity contribution in [3.05, 3.63) is 35.2 Å². The molecule has 7 nitrogen and oxygen atoms in total. The molecular formula is C23H33N5O2S. The molecule has 1 fully saturated rings. The third-order valence-corrected chi connectivity index (χ3v) is 6.69. The van der Waals surface area contributed by atoms with Crippen LogP contribution in [0.25, 0.3) is 0 Å². The average molecular weight is 444 g/mol. The maximum atomic E-state index is 12.5. The highest BCUT2D eigenvalue weighted by Crippen LogP contribution is 2.24. The van der Waals surface area contributed by atoms with E-state index in [9.17, 15) is 9.59 Å². The topological polar surface area (TPSA) is 88.9 Å². The molecule has 2 aromatic rings. The fourth-order valence-corrected chi connectivity index (χ4v) is 5.01. The number of nitrogens with one attached hydrogen (secondary N) is 2. The molecule has 1 aromatic carbocycles. The molecule has 3 rings (SSSR count). The van der Waals surface area contributed by atoms with Gasteiger partial charge in [0.1, 0.15) is 5.82 Å². The number of rotatable bonds is 8. The van der Waals surface area contributed by atoms with Crippen molar-refractivity contribution in [1.29, 1.82) is 0 Å². The summed E-state index contributed by atoms with van der Waals surface area (Å²) in [5.41, 5.74) is 2.99. The molecule has 2 unspecified atom stereocenters. The minimum atomic E-state index is -0.132. The van der Waals surface area contributed by atoms with Gasteiger partial charge in [0.05, 0.1) is 12.2 Å². The van der Waals surface area contributed by atoms with Gasteiger partial charge in [-0.25, -0.2) is 0 Å². The highest BCUT2D eigenvalue weighted by atomic mass is 32.2. The first-order valence-corrected chi connectivity index (χ1v) is 12.1. The third-order valence-electron chi connectivity index (χ3n) is 5.72. The summed E-state index contributed by atoms with van der Waals surface area (Å²) in [6, 6.07) is 6.23. The van der Waals surface area contributed by atoms with Crippen molar-refractivity contribution in [1.82, 2.24) is 20.1 Å². The van der Waals surface area contributed by atoms with E-state index < -0.39 is 0 Å². The number of carbonyl (C=O) groups excluding carboxylic acids is 2. The first kappa shape index (κ1) is 23.3. The van der Waals surface area contributed by atoms with E-state index in [1.807, 2.05) is 37.5 Å². The summed E-state index contributed by atoms with van der Waals surface area (Å²) in [4.78, 5) is 25.0. The lowest BCUT2D eigenvalue weighted by Crippen LogP contribution is -2.41. The van der Waals surface area contributed by atoms with Crippen LogP contribution in [0.2, 0.25) is 0 Å². The molecule has 0 radical (unpaired) electrons. The van der Waals surface area contributed by atoms with Crippen LogP contribution in [0.3, 0.4) is 0 Å². The molecule has 168 valence electrons. The molecule has 0 aliphatic heterocycles. The maximum Gasteiger partial charge on any atom is 0.232 e. The number of carbonyl (C=O) groups is 2. The van der Waals surface area contributed by atoms with Crippen LogP contribution >= 0.6 is 11.8 Å². The van der Waals surface area contributed by atoms with Crippen molar-refractivity contribution >= 4 is 29.3 Å². The Morgan fingerprint density at radius 1 is 1.10 bits per heavy atom. The van der Waals surface area contributed by atoms with Gasteiger partial charge in [-0.15, -0.1) is 10.2 Å². The summed E-state index contributed by atoms with van der Waals surface area (Å²) >= 11 is 1.37. The molecule has 31 heavy (non-hydrogen) atoms. The molecule has 1 aliphatic rings. The zero-order valence-corrected chi connectivity index (χ0v) is 19.7. The molecule has 0 spiro atoms. The van der Waals surface area contributed by atoms with E-state index in [1.165, 1.54) is 31.0 Å². The van der Waals surface area contributed by atoms with E-state index in [2.05, 4.69) is 33.8 Å². The van der Waals surface area contributed by atoms with Crippen LogP contribution in [0, 0.1) is 19.8 Å². The van der Waals surface area contributed by atoms with E-state index in [0.717, 1.165) is 23.2 Å². The highest BCUT2D eigenvalue weighted by molar-refractivity contribution is 7.99. The van der Waals surface area contributed by atoms with E-state index in [1.54, 1.807) is 0 Å². The molecule has 1 aromatic heterocycles. The van der Waals surface area contributed by atoms with E-state index in [0.29, 0.717) is 29.2 Å². The Bertz CT molecular complexity index is 906. The number of nitrogens with zero attached hydrogens (tertiary/aromatic N) is 3. The Kier molecular flexibility index (Phi) is 8.12. The number of benzene rings is 1. The van der Waals surface area contributed by atoms with Crippen LogP contribution in [0.4, 0.5) is 5.69 Å². The van der Waals surface area contributed by atoms with Gasteiger partial charge in [0.2, 0.25) is 11.8 Å². The zero-order chi connectivity index (χ0) is 22.4. The second kappa shape index (κ2) is 10.8. The average Bonchev–Trinajstić information content (AvgIpc) is 3.08. The Morgan fingerprint density at radius 2 is 1.81 bits per heavy atom. The van der Waals surface area contributed by atoms with Crippen LogP contribution < -0.4 is 10.6 Å². The van der Waals surface area contributed by atoms with Gasteiger partial charge >= 0.3 is 0 Å². The number of anilines is 1. The summed E-state index contributed by atoms with van der Waals surface area (Å²) < 4.78 is 1.91. The second-order valence-electron chi connectivity index (χ2n) is 8.47. The number of amides is 2. The van der Waals surface area contributed by atoms with Crippen LogP contribution in [-0.4, -0.2) is 38.4 Å². The first-order valence-electron chi connectivity index (χ1n) is 11.1. The van der Waals surface area contributed by atoms with E-state index in [4.69, 9.17) is 0 Å². The second-order valence-corrected chi connectivity index (χ2v) is 9.41. The molecule has 8 heteroatoms. The van der Waals surface area contributed by atoms with E-state index >= 15 is 0 Å². The van der Waals surface area contributed by atoms with E-state index in [-0.39, 0.29) is 24.3 Å². The molecule has 2 amide bonds. The smallest absolute Gasteiger partial charge is 0.232 e. The minimum Gasteiger partial charge on any atom is -0.352 e. The van der Waals surface area contributed by atoms with Crippen LogP contribution in [-0.2, 0) is 22.6 Å². The van der Waals surface area contributed by atoms with Gasteiger partial charge in [0.15, 0.2) is 5.16 Å². The number of aryl methyl sites for hydroxylation is 2. The fraction of sp³-hybridized carbons (Fsp3) is 0.565. The SMILES string of the molecule is CCn1c(CC(=O)Nc2cc(C)cc(C)c2)nnc1SCC(=O)NC1CCCCC1C. The Hall–Kier alpha value is -2.35. The Labute approximate surface area is 188 Å². The zero-order valence-electron chi connectivity index (χ0n) is 18.9. The first-order chi connectivity index (χ1) is 14.9. The molecule has 2 atom stereocenters. The van der Waals surface area contributed by atoms with Crippen molar-refractivity contribution < 1.29 is 9.59 Å². The largest absolute Gasteiger partial charge is 0.352 e. The molecule has 1 saturated carbocycles. The van der Waals surface area contributed by atoms with Gasteiger partial charge < -0.3 is 15.2 Å². The predicted molar refractivity (Wildman–Crippen MR) is 124 cm³/mol. The number of hydrogen-bond acceptors (Lipinski definition) is 5. The summed E-state index contributed by atoms with van der Waals surface area (Å²) in [6.07, 6.45) is 4.81. The molecular weight excluding hydrogens is 410 g/mol. The monoisotopic (exact) mass is 443 g/mol. The number of hydrogen-bond donors (Lipinski definition) is 2. The standard InChI is InChI=1S/C23H33N5O2S/c1-5-28-20(13-21(29)24-18-11-15(2)10-16(3)12-18)26-27-23(28)31-14-22(30)25-19-9-7-6-8-17(19)4/h10-12,17,19H,5-9,13-14H2,1-4H3,(H,24,29)(H,25,30). The Balaban J connectivity index is 1.55. The minimum absolute atomic E-state index is 0.0310. The van der Waals surface area contributed by atoms with Crippen molar-refractivity contribution in [2.24, 2.45) is 5.92 Å². The van der Waals surface area contributed by atoms with Gasteiger partial charge in [-0.05, 0) is 62.8 Å². The molecule has 0 saturated heterocycles. The Morgan fingerprint density at radius 3 is 2.48 bits per heavy atom. The van der Waals surface area contributed by atoms with Gasteiger partial charge in [-0.3, -0.25) is 9.59 Å². The molecule has 1 aliphatic carbocycles. The lowest BCUT2D eigenvalue weighted by molar-refractivity contribution is -0.120. The lowest BCUT2D eigenvalue weighted by Gasteiger charge is -2.29. The summed E-state index contributed by atoms with van der Waals surface area (Å²) in [5.74, 6) is 1.34. The third kappa shape index (κ3) is 6.56. The summed E-state index contributed by atoms with van der Waals surface area (Å²) in [5, 5.41) is 15.2. The van der Waals surface area contributed by atoms with Gasteiger partial charge in [0, 0.05) is 18.3 Å². The van der Waals surface area contributed by atoms with Crippen molar-refractivity contribution in [2.45, 2.75) is 77.5 Å². The van der Waals surface area contributed by atoms with Crippen molar-refractivity contribution in [2.75, 3.05) is 11.1 Å². The summed E-state index contributed by atoms with van der Waals surface area (Å²) in [6.45, 7) is 8.85. The van der Waals surface area contributed by atoms with Crippen LogP contribution in [0.15, 0.2) is 23.4 Å². The summed E-state index contributed by atoms with van der Waals surface area (Å²) in [7, 11) is 0. The van der Waals surface area contributed by atoms with Crippen LogP contribution in [0.1, 0.15) is 56.5 Å². The highest BCUT2D eigenvalue weighted by Gasteiger charge is 2.23. The van der Waals surface area contributed by atoms with Gasteiger partial charge in [-0.2, -0.15) is 0 Å². The maximum absolute atomic E-state index is 12.5. The molecule has 0 bridgehead atoms. The molecule has 1 heterocycles. The normalized spacial score (nSPS) is 18.6. The number of thioether (sulfide) groups is 1. The van der Waals surface area contributed by atoms with Crippen LogP contribution in [0.5, 0.6) is 0 Å². The fourth-order valence-electron chi connectivity index (χ4n) is 4.18. The predicted octanol–water partition coefficient (Wildman–Crippen LogP) is 3.88. The number of aromatic nitrogens is 3. The van der Waals surface area contributed by atoms with Gasteiger partial charge in [0.25, 0.3) is 0 Å². The molecule has 2 N–H and O–H groups in total. The quantitative estimate of drug-likeness (QED) is 0.605. The lowest BCUT2D eigenvalue weighted by atomic mass is 9.86. The van der Waals surface area contributed by atoms with Crippen molar-refractivity contribution in [3.8, 4) is 0 Å².